The van der Waals surface area contributed by atoms with E-state index in [-0.39, 0.29) is 0 Å². The molecule has 90 valence electrons. The molecule has 0 saturated carbocycles. The Balaban J connectivity index is 2.32. The summed E-state index contributed by atoms with van der Waals surface area (Å²) in [4.78, 5) is 4.31. The van der Waals surface area contributed by atoms with E-state index in [1.54, 1.807) is 0 Å². The van der Waals surface area contributed by atoms with Gasteiger partial charge in [-0.15, -0.1) is 0 Å². The fourth-order valence-electron chi connectivity index (χ4n) is 1.94. The number of nitrogen functional groups attached to an aromatic ring is 1. The maximum Gasteiger partial charge on any atom is 0.205 e. The van der Waals surface area contributed by atoms with Gasteiger partial charge in [0.25, 0.3) is 0 Å². The first-order valence-electron chi connectivity index (χ1n) is 5.35. The van der Waals surface area contributed by atoms with E-state index in [0.717, 1.165) is 21.2 Å². The highest BCUT2D eigenvalue weighted by Gasteiger charge is 2.11. The molecule has 0 amide bonds. The van der Waals surface area contributed by atoms with Gasteiger partial charge in [0.2, 0.25) is 5.95 Å². The zero-order chi connectivity index (χ0) is 12.7. The third-order valence-electron chi connectivity index (χ3n) is 2.75. The van der Waals surface area contributed by atoms with Crippen LogP contribution >= 0.6 is 27.5 Å². The molecule has 0 aliphatic carbocycles. The van der Waals surface area contributed by atoms with Crippen molar-refractivity contribution in [2.75, 3.05) is 5.73 Å². The van der Waals surface area contributed by atoms with Crippen LogP contribution in [0.5, 0.6) is 0 Å². The molecule has 3 nitrogen and oxygen atoms in total. The molecule has 0 spiro atoms. The molecule has 0 atom stereocenters. The van der Waals surface area contributed by atoms with Gasteiger partial charge in [-0.25, -0.2) is 4.98 Å². The highest BCUT2D eigenvalue weighted by Crippen LogP contribution is 2.28. The van der Waals surface area contributed by atoms with Gasteiger partial charge in [-0.05, 0) is 36.4 Å². The van der Waals surface area contributed by atoms with Crippen molar-refractivity contribution in [2.24, 2.45) is 0 Å². The molecule has 18 heavy (non-hydrogen) atoms. The van der Waals surface area contributed by atoms with Crippen molar-refractivity contribution >= 4 is 44.5 Å². The number of rotatable bonds is 1. The second-order valence-electron chi connectivity index (χ2n) is 3.89. The smallest absolute Gasteiger partial charge is 0.205 e. The molecule has 5 heteroatoms. The Morgan fingerprint density at radius 3 is 2.56 bits per heavy atom. The molecule has 0 aliphatic rings. The van der Waals surface area contributed by atoms with E-state index < -0.39 is 0 Å². The van der Waals surface area contributed by atoms with E-state index in [9.17, 15) is 0 Å². The number of para-hydroxylation sites is 1. The van der Waals surface area contributed by atoms with E-state index in [0.29, 0.717) is 11.0 Å². The number of hydrogen-bond donors (Lipinski definition) is 1. The lowest BCUT2D eigenvalue weighted by Gasteiger charge is -2.06. The Morgan fingerprint density at radius 2 is 1.83 bits per heavy atom. The van der Waals surface area contributed by atoms with Gasteiger partial charge in [-0.1, -0.05) is 33.6 Å². The van der Waals surface area contributed by atoms with Crippen LogP contribution in [0.4, 0.5) is 5.95 Å². The summed E-state index contributed by atoms with van der Waals surface area (Å²) in [6, 6.07) is 13.5. The maximum atomic E-state index is 6.12. The Morgan fingerprint density at radius 1 is 1.11 bits per heavy atom. The maximum absolute atomic E-state index is 6.12. The number of benzene rings is 2. The van der Waals surface area contributed by atoms with Crippen LogP contribution in [0.3, 0.4) is 0 Å². The highest BCUT2D eigenvalue weighted by atomic mass is 79.9. The fraction of sp³-hybridized carbons (Fsp3) is 0. The van der Waals surface area contributed by atoms with Gasteiger partial charge < -0.3 is 5.73 Å². The number of anilines is 1. The van der Waals surface area contributed by atoms with E-state index in [1.165, 1.54) is 0 Å². The zero-order valence-corrected chi connectivity index (χ0v) is 11.6. The minimum Gasteiger partial charge on any atom is -0.369 e. The van der Waals surface area contributed by atoms with E-state index in [4.69, 9.17) is 17.3 Å². The molecule has 0 aliphatic heterocycles. The Kier molecular flexibility index (Phi) is 2.76. The van der Waals surface area contributed by atoms with Crippen molar-refractivity contribution < 1.29 is 0 Å². The third kappa shape index (κ3) is 1.78. The number of nitrogens with zero attached hydrogens (tertiary/aromatic N) is 2. The van der Waals surface area contributed by atoms with Gasteiger partial charge >= 0.3 is 0 Å². The fourth-order valence-corrected chi connectivity index (χ4v) is 2.42. The van der Waals surface area contributed by atoms with Crippen LogP contribution in [0, 0.1) is 0 Å². The predicted octanol–water partition coefficient (Wildman–Crippen LogP) is 4.02. The minimum atomic E-state index is 0.431. The van der Waals surface area contributed by atoms with Gasteiger partial charge in [0, 0.05) is 10.2 Å². The molecule has 3 aromatic rings. The molecule has 0 unspecified atom stereocenters. The van der Waals surface area contributed by atoms with E-state index in [2.05, 4.69) is 20.9 Å². The number of imidazole rings is 1. The average Bonchev–Trinajstić information content (AvgIpc) is 2.69. The van der Waals surface area contributed by atoms with E-state index >= 15 is 0 Å². The quantitative estimate of drug-likeness (QED) is 0.735. The Bertz CT molecular complexity index is 719. The molecular weight excluding hydrogens is 314 g/mol. The number of halogens is 2. The highest BCUT2D eigenvalue weighted by molar-refractivity contribution is 9.10. The summed E-state index contributed by atoms with van der Waals surface area (Å²) in [5.74, 6) is 0.431. The number of aromatic nitrogens is 2. The summed E-state index contributed by atoms with van der Waals surface area (Å²) in [6.45, 7) is 0. The first-order valence-corrected chi connectivity index (χ1v) is 6.52. The molecule has 0 radical (unpaired) electrons. The normalized spacial score (nSPS) is 11.0. The number of nitrogens with two attached hydrogens (primary N) is 1. The summed E-state index contributed by atoms with van der Waals surface area (Å²) in [5, 5.41) is 0.607. The number of fused-ring (bicyclic) bond motifs is 1. The largest absolute Gasteiger partial charge is 0.369 e. The van der Waals surface area contributed by atoms with Crippen LogP contribution < -0.4 is 5.73 Å². The van der Waals surface area contributed by atoms with Gasteiger partial charge in [-0.3, -0.25) is 4.57 Å². The molecule has 1 heterocycles. The first kappa shape index (κ1) is 11.6. The average molecular weight is 323 g/mol. The van der Waals surface area contributed by atoms with Crippen LogP contribution in [0.25, 0.3) is 16.7 Å². The predicted molar refractivity (Wildman–Crippen MR) is 78.2 cm³/mol. The van der Waals surface area contributed by atoms with Crippen molar-refractivity contribution in [3.8, 4) is 5.69 Å². The molecule has 2 aromatic carbocycles. The molecule has 2 N–H and O–H groups in total. The van der Waals surface area contributed by atoms with Crippen molar-refractivity contribution in [2.45, 2.75) is 0 Å². The van der Waals surface area contributed by atoms with Crippen LogP contribution in [0.2, 0.25) is 5.02 Å². The van der Waals surface area contributed by atoms with Crippen molar-refractivity contribution in [3.63, 3.8) is 0 Å². The van der Waals surface area contributed by atoms with Crippen molar-refractivity contribution in [3.05, 3.63) is 52.0 Å². The first-order chi connectivity index (χ1) is 8.66. The second kappa shape index (κ2) is 4.30. The molecular formula is C13H9BrClN3. The van der Waals surface area contributed by atoms with E-state index in [1.807, 2.05) is 47.0 Å². The second-order valence-corrected chi connectivity index (χ2v) is 5.21. The molecule has 0 fully saturated rings. The van der Waals surface area contributed by atoms with Crippen LogP contribution in [0.1, 0.15) is 0 Å². The molecule has 0 saturated heterocycles. The lowest BCUT2D eigenvalue weighted by atomic mass is 10.3. The van der Waals surface area contributed by atoms with Crippen LogP contribution in [0.15, 0.2) is 46.9 Å². The molecule has 0 bridgehead atoms. The summed E-state index contributed by atoms with van der Waals surface area (Å²) in [5.41, 5.74) is 8.56. The van der Waals surface area contributed by atoms with Gasteiger partial charge in [0.1, 0.15) is 5.52 Å². The summed E-state index contributed by atoms with van der Waals surface area (Å²) < 4.78 is 2.90. The van der Waals surface area contributed by atoms with Crippen molar-refractivity contribution in [1.82, 2.24) is 9.55 Å². The molecule has 3 rings (SSSR count). The summed E-state index contributed by atoms with van der Waals surface area (Å²) in [7, 11) is 0. The monoisotopic (exact) mass is 321 g/mol. The lowest BCUT2D eigenvalue weighted by molar-refractivity contribution is 1.11. The topological polar surface area (TPSA) is 43.8 Å². The standard InChI is InChI=1S/C13H9BrClN3/c14-8-4-6-9(7-5-8)18-11-3-1-2-10(15)12(11)17-13(18)16/h1-7H,(H2,16,17). The van der Waals surface area contributed by atoms with Crippen LogP contribution in [-0.4, -0.2) is 9.55 Å². The van der Waals surface area contributed by atoms with Gasteiger partial charge in [0.05, 0.1) is 10.5 Å². The Labute approximate surface area is 117 Å². The Hall–Kier alpha value is -1.52. The van der Waals surface area contributed by atoms with Crippen molar-refractivity contribution in [1.29, 1.82) is 0 Å². The SMILES string of the molecule is Nc1nc2c(Cl)cccc2n1-c1ccc(Br)cc1. The summed E-state index contributed by atoms with van der Waals surface area (Å²) >= 11 is 9.53. The lowest BCUT2D eigenvalue weighted by Crippen LogP contribution is -2.00. The van der Waals surface area contributed by atoms with Crippen LogP contribution in [-0.2, 0) is 0 Å². The van der Waals surface area contributed by atoms with Gasteiger partial charge in [-0.2, -0.15) is 0 Å². The molecule has 1 aromatic heterocycles. The zero-order valence-electron chi connectivity index (χ0n) is 9.27. The number of hydrogen-bond acceptors (Lipinski definition) is 2. The third-order valence-corrected chi connectivity index (χ3v) is 3.58. The summed E-state index contributed by atoms with van der Waals surface area (Å²) in [6.07, 6.45) is 0. The minimum absolute atomic E-state index is 0.431. The van der Waals surface area contributed by atoms with Gasteiger partial charge in [0.15, 0.2) is 0 Å².